The molecule has 7 nitrogen and oxygen atoms in total. The van der Waals surface area contributed by atoms with Crippen molar-refractivity contribution < 1.29 is 4.79 Å². The lowest BCUT2D eigenvalue weighted by atomic mass is 10.1. The highest BCUT2D eigenvalue weighted by molar-refractivity contribution is 5.77. The molecule has 1 amide bonds. The van der Waals surface area contributed by atoms with Crippen LogP contribution in [0.15, 0.2) is 52.3 Å². The molecule has 0 atom stereocenters. The SMILES string of the molecule is C=c1nc2c(c(=O)[nH]1)=Nc1cc(C)c(C)cc1N2CCN(Cc1ccccc1)C(C)=O. The first kappa shape index (κ1) is 20.5. The van der Waals surface area contributed by atoms with Crippen molar-refractivity contribution in [3.05, 3.63) is 80.3 Å². The summed E-state index contributed by atoms with van der Waals surface area (Å²) in [5, 5.41) is 0.264. The van der Waals surface area contributed by atoms with Crippen molar-refractivity contribution in [2.24, 2.45) is 4.99 Å². The predicted octanol–water partition coefficient (Wildman–Crippen LogP) is 2.25. The van der Waals surface area contributed by atoms with E-state index < -0.39 is 0 Å². The van der Waals surface area contributed by atoms with Crippen LogP contribution in [0.2, 0.25) is 0 Å². The second kappa shape index (κ2) is 8.18. The molecule has 4 rings (SSSR count). The van der Waals surface area contributed by atoms with Crippen molar-refractivity contribution in [2.45, 2.75) is 27.3 Å². The van der Waals surface area contributed by atoms with E-state index >= 15 is 0 Å². The van der Waals surface area contributed by atoms with E-state index in [0.717, 1.165) is 28.1 Å². The number of amides is 1. The Bertz CT molecular complexity index is 1310. The zero-order chi connectivity index (χ0) is 22.1. The first-order valence-electron chi connectivity index (χ1n) is 10.2. The Kier molecular flexibility index (Phi) is 5.42. The molecule has 0 radical (unpaired) electrons. The summed E-state index contributed by atoms with van der Waals surface area (Å²) in [5.41, 5.74) is 4.83. The number of anilines is 2. The number of fused-ring (bicyclic) bond motifs is 2. The normalized spacial score (nSPS) is 12.0. The van der Waals surface area contributed by atoms with Crippen molar-refractivity contribution >= 4 is 29.7 Å². The lowest BCUT2D eigenvalue weighted by Crippen LogP contribution is -2.44. The summed E-state index contributed by atoms with van der Waals surface area (Å²) in [5.74, 6) is 0.454. The number of nitrogens with zero attached hydrogens (tertiary/aromatic N) is 4. The van der Waals surface area contributed by atoms with E-state index in [9.17, 15) is 9.59 Å². The second-order valence-electron chi connectivity index (χ2n) is 7.80. The van der Waals surface area contributed by atoms with Gasteiger partial charge in [-0.15, -0.1) is 0 Å². The number of aromatic nitrogens is 2. The number of nitrogens with one attached hydrogen (secondary N) is 1. The molecule has 2 heterocycles. The zero-order valence-electron chi connectivity index (χ0n) is 18.0. The van der Waals surface area contributed by atoms with Gasteiger partial charge in [0.05, 0.1) is 11.4 Å². The highest BCUT2D eigenvalue weighted by atomic mass is 16.2. The van der Waals surface area contributed by atoms with Gasteiger partial charge >= 0.3 is 0 Å². The minimum Gasteiger partial charge on any atom is -0.337 e. The van der Waals surface area contributed by atoms with Crippen LogP contribution < -0.4 is 21.3 Å². The molecule has 0 aliphatic carbocycles. The van der Waals surface area contributed by atoms with Gasteiger partial charge in [-0.05, 0) is 42.7 Å². The van der Waals surface area contributed by atoms with Crippen LogP contribution in [0.5, 0.6) is 0 Å². The minimum atomic E-state index is -0.323. The Hall–Kier alpha value is -3.74. The molecule has 0 bridgehead atoms. The van der Waals surface area contributed by atoms with Crippen molar-refractivity contribution in [3.8, 4) is 0 Å². The van der Waals surface area contributed by atoms with Crippen LogP contribution in [0.1, 0.15) is 23.6 Å². The summed E-state index contributed by atoms with van der Waals surface area (Å²) >= 11 is 0. The number of aromatic amines is 1. The van der Waals surface area contributed by atoms with Crippen molar-refractivity contribution in [1.82, 2.24) is 14.9 Å². The first-order chi connectivity index (χ1) is 14.8. The van der Waals surface area contributed by atoms with Crippen LogP contribution in [0.4, 0.5) is 17.2 Å². The number of hydrogen-bond donors (Lipinski definition) is 1. The van der Waals surface area contributed by atoms with Gasteiger partial charge in [0.25, 0.3) is 5.56 Å². The summed E-state index contributed by atoms with van der Waals surface area (Å²) in [6.45, 7) is 10.9. The average molecular weight is 415 g/mol. The lowest BCUT2D eigenvalue weighted by Gasteiger charge is -2.31. The fourth-order valence-electron chi connectivity index (χ4n) is 3.71. The zero-order valence-corrected chi connectivity index (χ0v) is 18.0. The van der Waals surface area contributed by atoms with Gasteiger partial charge in [-0.3, -0.25) is 9.59 Å². The van der Waals surface area contributed by atoms with E-state index in [1.807, 2.05) is 55.1 Å². The molecule has 1 N–H and O–H groups in total. The van der Waals surface area contributed by atoms with Crippen LogP contribution in [0.25, 0.3) is 6.58 Å². The van der Waals surface area contributed by atoms with Gasteiger partial charge in [0.15, 0.2) is 11.2 Å². The van der Waals surface area contributed by atoms with Gasteiger partial charge in [-0.25, -0.2) is 9.98 Å². The monoisotopic (exact) mass is 415 g/mol. The average Bonchev–Trinajstić information content (AvgIpc) is 2.72. The molecule has 31 heavy (non-hydrogen) atoms. The highest BCUT2D eigenvalue weighted by Gasteiger charge is 2.24. The number of benzene rings is 2. The number of carbonyl (C=O) groups is 1. The van der Waals surface area contributed by atoms with E-state index in [-0.39, 0.29) is 22.3 Å². The molecule has 2 aromatic carbocycles. The molecule has 1 aromatic heterocycles. The fraction of sp³-hybridized carbons (Fsp3) is 0.250. The van der Waals surface area contributed by atoms with Gasteiger partial charge in [-0.2, -0.15) is 0 Å². The van der Waals surface area contributed by atoms with Gasteiger partial charge in [0.1, 0.15) is 5.48 Å². The molecule has 1 aliphatic heterocycles. The predicted molar refractivity (Wildman–Crippen MR) is 121 cm³/mol. The number of aryl methyl sites for hydroxylation is 2. The summed E-state index contributed by atoms with van der Waals surface area (Å²) in [7, 11) is 0. The molecular weight excluding hydrogens is 390 g/mol. The van der Waals surface area contributed by atoms with Crippen LogP contribution in [-0.4, -0.2) is 33.9 Å². The van der Waals surface area contributed by atoms with E-state index in [2.05, 4.69) is 27.6 Å². The smallest absolute Gasteiger partial charge is 0.279 e. The lowest BCUT2D eigenvalue weighted by molar-refractivity contribution is -0.129. The maximum atomic E-state index is 12.6. The maximum absolute atomic E-state index is 12.6. The molecule has 158 valence electrons. The molecule has 0 saturated carbocycles. The number of carbonyl (C=O) groups excluding carboxylic acids is 1. The number of rotatable bonds is 5. The topological polar surface area (TPSA) is 81.7 Å². The van der Waals surface area contributed by atoms with Crippen LogP contribution in [0, 0.1) is 13.8 Å². The Labute approximate surface area is 180 Å². The molecule has 0 spiro atoms. The molecule has 0 unspecified atom stereocenters. The standard InChI is InChI=1S/C24H25N5O2/c1-15-12-20-21(13-16(15)2)29(23-22(27-20)24(31)26-17(3)25-23)11-10-28(18(4)30)14-19-8-6-5-7-9-19/h5-9,12-13H,3,10-11,14H2,1-2,4H3,(H,26,31). The maximum Gasteiger partial charge on any atom is 0.279 e. The summed E-state index contributed by atoms with van der Waals surface area (Å²) in [6.07, 6.45) is 0. The van der Waals surface area contributed by atoms with Crippen LogP contribution >= 0.6 is 0 Å². The molecule has 7 heteroatoms. The summed E-state index contributed by atoms with van der Waals surface area (Å²) < 4.78 is 0. The van der Waals surface area contributed by atoms with E-state index in [1.54, 1.807) is 11.8 Å². The van der Waals surface area contributed by atoms with E-state index in [1.165, 1.54) is 0 Å². The second-order valence-corrected chi connectivity index (χ2v) is 7.80. The first-order valence-corrected chi connectivity index (χ1v) is 10.2. The Morgan fingerprint density at radius 2 is 1.87 bits per heavy atom. The van der Waals surface area contributed by atoms with E-state index in [0.29, 0.717) is 25.5 Å². The third-order valence-corrected chi connectivity index (χ3v) is 5.55. The van der Waals surface area contributed by atoms with Gasteiger partial charge in [0.2, 0.25) is 5.91 Å². The van der Waals surface area contributed by atoms with Crippen LogP contribution in [0.3, 0.4) is 0 Å². The molecule has 1 aliphatic rings. The summed E-state index contributed by atoms with van der Waals surface area (Å²) in [6, 6.07) is 13.9. The number of H-pyrrole nitrogens is 1. The van der Waals surface area contributed by atoms with E-state index in [4.69, 9.17) is 0 Å². The van der Waals surface area contributed by atoms with Crippen molar-refractivity contribution in [1.29, 1.82) is 0 Å². The third-order valence-electron chi connectivity index (χ3n) is 5.55. The molecule has 0 fully saturated rings. The van der Waals surface area contributed by atoms with Crippen LogP contribution in [-0.2, 0) is 11.3 Å². The largest absolute Gasteiger partial charge is 0.337 e. The Morgan fingerprint density at radius 3 is 2.58 bits per heavy atom. The van der Waals surface area contributed by atoms with Gasteiger partial charge in [-0.1, -0.05) is 36.9 Å². The Morgan fingerprint density at radius 1 is 1.16 bits per heavy atom. The Balaban J connectivity index is 1.73. The fourth-order valence-corrected chi connectivity index (χ4v) is 3.71. The van der Waals surface area contributed by atoms with Gasteiger partial charge < -0.3 is 14.8 Å². The molecule has 0 saturated heterocycles. The third kappa shape index (κ3) is 4.12. The summed E-state index contributed by atoms with van der Waals surface area (Å²) in [4.78, 5) is 40.3. The van der Waals surface area contributed by atoms with Crippen molar-refractivity contribution in [3.63, 3.8) is 0 Å². The number of hydrogen-bond acceptors (Lipinski definition) is 5. The quantitative estimate of drug-likeness (QED) is 0.693. The highest BCUT2D eigenvalue weighted by Crippen LogP contribution is 2.36. The van der Waals surface area contributed by atoms with Crippen molar-refractivity contribution in [2.75, 3.05) is 18.0 Å². The molecule has 3 aromatic rings. The molecular formula is C24H25N5O2. The van der Waals surface area contributed by atoms with Gasteiger partial charge in [0, 0.05) is 26.6 Å². The minimum absolute atomic E-state index is 0.0113.